The smallest absolute Gasteiger partial charge is 0.209 e. The molecule has 1 N–H and O–H groups in total. The van der Waals surface area contributed by atoms with Gasteiger partial charge in [-0.05, 0) is 41.1 Å². The molecular weight excluding hydrogens is 329 g/mol. The molecule has 2 aromatic rings. The summed E-state index contributed by atoms with van der Waals surface area (Å²) in [6, 6.07) is 5.50. The first-order valence-electron chi connectivity index (χ1n) is 6.75. The molecule has 114 valence electrons. The van der Waals surface area contributed by atoms with Gasteiger partial charge in [0.2, 0.25) is 5.16 Å². The van der Waals surface area contributed by atoms with Crippen molar-refractivity contribution in [1.82, 2.24) is 25.5 Å². The lowest BCUT2D eigenvalue weighted by molar-refractivity contribution is 0.510. The molecule has 8 heteroatoms. The van der Waals surface area contributed by atoms with E-state index in [2.05, 4.69) is 27.8 Å². The number of benzene rings is 1. The van der Waals surface area contributed by atoms with Crippen molar-refractivity contribution in [2.24, 2.45) is 0 Å². The van der Waals surface area contributed by atoms with E-state index in [9.17, 15) is 0 Å². The molecule has 0 spiro atoms. The van der Waals surface area contributed by atoms with Crippen LogP contribution in [0.2, 0.25) is 10.0 Å². The van der Waals surface area contributed by atoms with Crippen LogP contribution in [0.3, 0.4) is 0 Å². The Balaban J connectivity index is 1.93. The van der Waals surface area contributed by atoms with Gasteiger partial charge < -0.3 is 5.32 Å². The molecule has 0 unspecified atom stereocenters. The van der Waals surface area contributed by atoms with Crippen LogP contribution in [0.25, 0.3) is 0 Å². The van der Waals surface area contributed by atoms with E-state index in [-0.39, 0.29) is 0 Å². The van der Waals surface area contributed by atoms with Crippen molar-refractivity contribution in [2.45, 2.75) is 30.8 Å². The molecule has 0 radical (unpaired) electrons. The molecule has 0 amide bonds. The van der Waals surface area contributed by atoms with Crippen molar-refractivity contribution in [1.29, 1.82) is 0 Å². The Morgan fingerprint density at radius 2 is 2.00 bits per heavy atom. The predicted molar refractivity (Wildman–Crippen MR) is 87.0 cm³/mol. The highest BCUT2D eigenvalue weighted by molar-refractivity contribution is 7.98. The quantitative estimate of drug-likeness (QED) is 0.587. The van der Waals surface area contributed by atoms with Crippen LogP contribution >= 0.6 is 35.0 Å². The number of rotatable bonds is 8. The van der Waals surface area contributed by atoms with Crippen molar-refractivity contribution in [2.75, 3.05) is 13.1 Å². The third-order valence-corrected chi connectivity index (χ3v) is 4.53. The van der Waals surface area contributed by atoms with Gasteiger partial charge in [0, 0.05) is 22.3 Å². The first-order valence-corrected chi connectivity index (χ1v) is 8.49. The lowest BCUT2D eigenvalue weighted by Gasteiger charge is -2.07. The molecule has 0 atom stereocenters. The van der Waals surface area contributed by atoms with E-state index in [4.69, 9.17) is 23.2 Å². The summed E-state index contributed by atoms with van der Waals surface area (Å²) in [6.07, 6.45) is 1.11. The summed E-state index contributed by atoms with van der Waals surface area (Å²) in [5.74, 6) is 0.640. The van der Waals surface area contributed by atoms with Crippen LogP contribution in [0, 0.1) is 0 Å². The fourth-order valence-electron chi connectivity index (χ4n) is 1.73. The number of nitrogens with one attached hydrogen (secondary N) is 1. The zero-order valence-electron chi connectivity index (χ0n) is 11.7. The molecule has 5 nitrogen and oxygen atoms in total. The summed E-state index contributed by atoms with van der Waals surface area (Å²) < 4.78 is 1.79. The van der Waals surface area contributed by atoms with Crippen LogP contribution in [0.5, 0.6) is 0 Å². The Morgan fingerprint density at radius 3 is 2.71 bits per heavy atom. The van der Waals surface area contributed by atoms with Gasteiger partial charge in [0.25, 0.3) is 0 Å². The highest BCUT2D eigenvalue weighted by Crippen LogP contribution is 2.30. The molecule has 1 aromatic carbocycles. The van der Waals surface area contributed by atoms with Crippen LogP contribution in [-0.2, 0) is 12.3 Å². The number of aromatic nitrogens is 4. The normalized spacial score (nSPS) is 11.0. The van der Waals surface area contributed by atoms with Gasteiger partial charge in [-0.25, -0.2) is 4.68 Å². The maximum Gasteiger partial charge on any atom is 0.209 e. The van der Waals surface area contributed by atoms with Crippen molar-refractivity contribution in [3.05, 3.63) is 33.8 Å². The average molecular weight is 346 g/mol. The SMILES string of the molecule is CCCNCCn1nnnc1SCc1c(Cl)cccc1Cl. The topological polar surface area (TPSA) is 55.6 Å². The Kier molecular flexibility index (Phi) is 6.76. The fraction of sp³-hybridized carbons (Fsp3) is 0.462. The summed E-state index contributed by atoms with van der Waals surface area (Å²) >= 11 is 13.9. The second-order valence-electron chi connectivity index (χ2n) is 4.42. The Hall–Kier alpha value is -0.820. The lowest BCUT2D eigenvalue weighted by atomic mass is 10.2. The highest BCUT2D eigenvalue weighted by Gasteiger charge is 2.10. The largest absolute Gasteiger partial charge is 0.315 e. The van der Waals surface area contributed by atoms with Gasteiger partial charge >= 0.3 is 0 Å². The monoisotopic (exact) mass is 345 g/mol. The third-order valence-electron chi connectivity index (χ3n) is 2.83. The second-order valence-corrected chi connectivity index (χ2v) is 6.18. The average Bonchev–Trinajstić information content (AvgIpc) is 2.91. The van der Waals surface area contributed by atoms with Crippen LogP contribution < -0.4 is 5.32 Å². The molecule has 0 saturated carbocycles. The van der Waals surface area contributed by atoms with E-state index in [1.165, 1.54) is 11.8 Å². The summed E-state index contributed by atoms with van der Waals surface area (Å²) in [4.78, 5) is 0. The van der Waals surface area contributed by atoms with E-state index in [1.54, 1.807) is 4.68 Å². The van der Waals surface area contributed by atoms with Crippen molar-refractivity contribution >= 4 is 35.0 Å². The number of nitrogens with zero attached hydrogens (tertiary/aromatic N) is 4. The number of hydrogen-bond acceptors (Lipinski definition) is 5. The molecular formula is C13H17Cl2N5S. The van der Waals surface area contributed by atoms with E-state index in [0.717, 1.165) is 36.8 Å². The van der Waals surface area contributed by atoms with Crippen molar-refractivity contribution in [3.63, 3.8) is 0 Å². The molecule has 0 fully saturated rings. The van der Waals surface area contributed by atoms with Crippen LogP contribution in [0.15, 0.2) is 23.4 Å². The minimum Gasteiger partial charge on any atom is -0.315 e. The van der Waals surface area contributed by atoms with Gasteiger partial charge in [-0.1, -0.05) is 48.0 Å². The maximum atomic E-state index is 6.16. The number of hydrogen-bond donors (Lipinski definition) is 1. The number of halogens is 2. The lowest BCUT2D eigenvalue weighted by Crippen LogP contribution is -2.21. The van der Waals surface area contributed by atoms with Crippen LogP contribution in [-0.4, -0.2) is 33.3 Å². The molecule has 0 aliphatic carbocycles. The van der Waals surface area contributed by atoms with Crippen LogP contribution in [0.1, 0.15) is 18.9 Å². The van der Waals surface area contributed by atoms with Gasteiger partial charge in [0.05, 0.1) is 6.54 Å². The standard InChI is InChI=1S/C13H17Cl2N5S/c1-2-6-16-7-8-20-13(17-18-19-20)21-9-10-11(14)4-3-5-12(10)15/h3-5,16H,2,6-9H2,1H3. The van der Waals surface area contributed by atoms with Gasteiger partial charge in [-0.15, -0.1) is 5.10 Å². The highest BCUT2D eigenvalue weighted by atomic mass is 35.5. The summed E-state index contributed by atoms with van der Waals surface area (Å²) in [5.41, 5.74) is 0.907. The van der Waals surface area contributed by atoms with Gasteiger partial charge in [0.1, 0.15) is 0 Å². The Morgan fingerprint density at radius 1 is 1.24 bits per heavy atom. The molecule has 0 bridgehead atoms. The number of tetrazole rings is 1. The minimum atomic E-state index is 0.640. The van der Waals surface area contributed by atoms with Gasteiger partial charge in [0.15, 0.2) is 0 Å². The van der Waals surface area contributed by atoms with Crippen molar-refractivity contribution < 1.29 is 0 Å². The van der Waals surface area contributed by atoms with Crippen molar-refractivity contribution in [3.8, 4) is 0 Å². The first-order chi connectivity index (χ1) is 10.2. The molecule has 1 heterocycles. The van der Waals surface area contributed by atoms with Gasteiger partial charge in [-0.2, -0.15) is 0 Å². The molecule has 0 aliphatic heterocycles. The van der Waals surface area contributed by atoms with E-state index in [0.29, 0.717) is 15.8 Å². The van der Waals surface area contributed by atoms with E-state index < -0.39 is 0 Å². The van der Waals surface area contributed by atoms with Gasteiger partial charge in [-0.3, -0.25) is 0 Å². The first kappa shape index (κ1) is 16.5. The molecule has 1 aromatic heterocycles. The fourth-order valence-corrected chi connectivity index (χ4v) is 3.38. The molecule has 0 saturated heterocycles. The third kappa shape index (κ3) is 4.85. The molecule has 21 heavy (non-hydrogen) atoms. The summed E-state index contributed by atoms with van der Waals surface area (Å²) in [5, 5.41) is 17.2. The molecule has 2 rings (SSSR count). The Bertz CT molecular complexity index is 555. The summed E-state index contributed by atoms with van der Waals surface area (Å²) in [6.45, 7) is 4.73. The number of thioether (sulfide) groups is 1. The zero-order chi connectivity index (χ0) is 15.1. The predicted octanol–water partition coefficient (Wildman–Crippen LogP) is 3.27. The molecule has 0 aliphatic rings. The minimum absolute atomic E-state index is 0.640. The summed E-state index contributed by atoms with van der Waals surface area (Å²) in [7, 11) is 0. The Labute approximate surface area is 138 Å². The van der Waals surface area contributed by atoms with E-state index >= 15 is 0 Å². The maximum absolute atomic E-state index is 6.16. The zero-order valence-corrected chi connectivity index (χ0v) is 14.0. The van der Waals surface area contributed by atoms with E-state index in [1.807, 2.05) is 18.2 Å². The van der Waals surface area contributed by atoms with Crippen LogP contribution in [0.4, 0.5) is 0 Å². The second kappa shape index (κ2) is 8.58.